The second kappa shape index (κ2) is 11.4. The maximum absolute atomic E-state index is 16.7. The van der Waals surface area contributed by atoms with E-state index in [0.29, 0.717) is 23.2 Å². The van der Waals surface area contributed by atoms with E-state index in [4.69, 9.17) is 9.72 Å². The van der Waals surface area contributed by atoms with Gasteiger partial charge in [0.05, 0.1) is 21.3 Å². The molecule has 2 unspecified atom stereocenters. The van der Waals surface area contributed by atoms with Crippen molar-refractivity contribution < 1.29 is 28.2 Å². The highest BCUT2D eigenvalue weighted by atomic mass is 79.9. The molecule has 5 heterocycles. The number of phenolic OH excluding ortho intramolecular Hbond substituents is 1. The molecule has 7 rings (SSSR count). The summed E-state index contributed by atoms with van der Waals surface area (Å²) in [6.07, 6.45) is 6.32. The predicted octanol–water partition coefficient (Wildman–Crippen LogP) is 4.60. The minimum absolute atomic E-state index is 0.0271. The first-order valence-electron chi connectivity index (χ1n) is 15.0. The van der Waals surface area contributed by atoms with Crippen LogP contribution in [-0.4, -0.2) is 82.5 Å². The first-order chi connectivity index (χ1) is 21.7. The highest BCUT2D eigenvalue weighted by Gasteiger charge is 2.45. The van der Waals surface area contributed by atoms with E-state index >= 15 is 4.39 Å². The zero-order chi connectivity index (χ0) is 31.5. The van der Waals surface area contributed by atoms with Gasteiger partial charge in [-0.2, -0.15) is 9.97 Å². The van der Waals surface area contributed by atoms with Crippen molar-refractivity contribution in [3.63, 3.8) is 0 Å². The lowest BCUT2D eigenvalue weighted by atomic mass is 9.95. The summed E-state index contributed by atoms with van der Waals surface area (Å²) >= 11 is 3.28. The lowest BCUT2D eigenvalue weighted by molar-refractivity contribution is -0.127. The van der Waals surface area contributed by atoms with E-state index < -0.39 is 23.5 Å². The van der Waals surface area contributed by atoms with Crippen molar-refractivity contribution in [2.24, 2.45) is 11.8 Å². The van der Waals surface area contributed by atoms with Crippen LogP contribution in [0.4, 0.5) is 14.6 Å². The van der Waals surface area contributed by atoms with Gasteiger partial charge in [0.15, 0.2) is 5.82 Å². The number of aromatic nitrogens is 3. The van der Waals surface area contributed by atoms with Crippen LogP contribution in [-0.2, 0) is 9.59 Å². The quantitative estimate of drug-likeness (QED) is 0.270. The van der Waals surface area contributed by atoms with Crippen molar-refractivity contribution in [3.8, 4) is 23.0 Å². The molecule has 234 valence electrons. The van der Waals surface area contributed by atoms with Gasteiger partial charge in [-0.05, 0) is 78.3 Å². The Bertz CT molecular complexity index is 1850. The minimum atomic E-state index is -0.806. The Morgan fingerprint density at radius 2 is 1.98 bits per heavy atom. The molecule has 2 atom stereocenters. The molecule has 0 bridgehead atoms. The number of fused-ring (bicyclic) bond motifs is 3. The number of aldehydes is 1. The fourth-order valence-corrected chi connectivity index (χ4v) is 7.92. The normalized spacial score (nSPS) is 21.0. The number of carbonyl (C=O) groups is 2. The first kappa shape index (κ1) is 29.7. The van der Waals surface area contributed by atoms with Crippen LogP contribution in [0.1, 0.15) is 25.7 Å². The van der Waals surface area contributed by atoms with Crippen LogP contribution in [0, 0.1) is 23.5 Å². The van der Waals surface area contributed by atoms with E-state index in [1.165, 1.54) is 37.5 Å². The molecular weight excluding hydrogens is 650 g/mol. The van der Waals surface area contributed by atoms with Gasteiger partial charge < -0.3 is 24.9 Å². The topological polar surface area (TPSA) is 121 Å². The number of anilines is 1. The molecule has 0 aliphatic carbocycles. The Morgan fingerprint density at radius 3 is 2.71 bits per heavy atom. The van der Waals surface area contributed by atoms with E-state index in [2.05, 4.69) is 36.1 Å². The largest absolute Gasteiger partial charge is 0.508 e. The number of halogens is 3. The summed E-state index contributed by atoms with van der Waals surface area (Å²) in [7, 11) is 1.52. The monoisotopic (exact) mass is 680 g/mol. The number of aromatic hydroxyl groups is 1. The van der Waals surface area contributed by atoms with Crippen molar-refractivity contribution in [1.82, 2.24) is 25.2 Å². The maximum Gasteiger partial charge on any atom is 0.319 e. The number of rotatable bonds is 7. The third kappa shape index (κ3) is 4.96. The standard InChI is InChI=1S/C32H31BrF2N6O4/c1-36-30(44)22-14-40(13-18(22)15-42)29-21-12-37-27(20-11-19(43)10-17-4-5-23(34)25(33)24(17)20)26(35)28(21)38-31(39-29)45-16-32-6-2-8-41(32)9-3-7-32/h4-5,10-12,15,18,22,43H,2-3,6-9,13-14,16H2,1H3,(H,36,44). The summed E-state index contributed by atoms with van der Waals surface area (Å²) in [4.78, 5) is 42.4. The van der Waals surface area contributed by atoms with E-state index in [1.54, 1.807) is 4.90 Å². The number of benzene rings is 2. The van der Waals surface area contributed by atoms with Crippen LogP contribution >= 0.6 is 15.9 Å². The second-order valence-electron chi connectivity index (χ2n) is 12.1. The number of nitrogens with one attached hydrogen (secondary N) is 1. The van der Waals surface area contributed by atoms with Crippen molar-refractivity contribution in [1.29, 1.82) is 0 Å². The molecule has 3 aliphatic rings. The molecule has 2 N–H and O–H groups in total. The van der Waals surface area contributed by atoms with Gasteiger partial charge >= 0.3 is 6.01 Å². The number of nitrogens with zero attached hydrogens (tertiary/aromatic N) is 5. The lowest BCUT2D eigenvalue weighted by Gasteiger charge is -2.31. The Balaban J connectivity index is 1.37. The SMILES string of the molecule is CNC(=O)C1CN(c2nc(OCC34CCCN3CCC4)nc3c(F)c(-c4cc(O)cc5ccc(F)c(Br)c45)ncc23)CC1C=O. The number of carbonyl (C=O) groups excluding carboxylic acids is 2. The van der Waals surface area contributed by atoms with Crippen LogP contribution in [0.15, 0.2) is 34.9 Å². The van der Waals surface area contributed by atoms with Crippen molar-refractivity contribution in [2.45, 2.75) is 31.2 Å². The smallest absolute Gasteiger partial charge is 0.319 e. The highest BCUT2D eigenvalue weighted by molar-refractivity contribution is 9.10. The molecule has 3 fully saturated rings. The van der Waals surface area contributed by atoms with E-state index in [9.17, 15) is 19.1 Å². The van der Waals surface area contributed by atoms with Gasteiger partial charge in [0.2, 0.25) is 5.91 Å². The van der Waals surface area contributed by atoms with Gasteiger partial charge in [-0.3, -0.25) is 14.7 Å². The van der Waals surface area contributed by atoms with Crippen LogP contribution in [0.25, 0.3) is 32.9 Å². The zero-order valence-corrected chi connectivity index (χ0v) is 26.1. The Kier molecular flexibility index (Phi) is 7.55. The van der Waals surface area contributed by atoms with Gasteiger partial charge in [-0.15, -0.1) is 0 Å². The molecule has 45 heavy (non-hydrogen) atoms. The van der Waals surface area contributed by atoms with Gasteiger partial charge in [0, 0.05) is 43.2 Å². The molecule has 2 aromatic carbocycles. The fraction of sp³-hybridized carbons (Fsp3) is 0.406. The summed E-state index contributed by atoms with van der Waals surface area (Å²) in [5, 5.41) is 14.2. The first-order valence-corrected chi connectivity index (χ1v) is 15.8. The number of hydrogen-bond acceptors (Lipinski definition) is 9. The Morgan fingerprint density at radius 1 is 1.20 bits per heavy atom. The molecule has 3 saturated heterocycles. The summed E-state index contributed by atoms with van der Waals surface area (Å²) in [5.41, 5.74) is -0.163. The predicted molar refractivity (Wildman–Crippen MR) is 167 cm³/mol. The van der Waals surface area contributed by atoms with Crippen LogP contribution in [0.3, 0.4) is 0 Å². The minimum Gasteiger partial charge on any atom is -0.508 e. The maximum atomic E-state index is 16.7. The molecule has 13 heteroatoms. The molecule has 1 amide bonds. The average Bonchev–Trinajstić information content (AvgIpc) is 3.76. The van der Waals surface area contributed by atoms with Gasteiger partial charge in [0.25, 0.3) is 0 Å². The number of ether oxygens (including phenoxy) is 1. The van der Waals surface area contributed by atoms with Crippen molar-refractivity contribution in [3.05, 3.63) is 46.6 Å². The number of hydrogen-bond donors (Lipinski definition) is 2. The average molecular weight is 682 g/mol. The molecule has 10 nitrogen and oxygen atoms in total. The molecule has 4 aromatic rings. The number of phenols is 1. The van der Waals surface area contributed by atoms with Crippen LogP contribution in [0.2, 0.25) is 0 Å². The number of amides is 1. The van der Waals surface area contributed by atoms with E-state index in [1.807, 2.05) is 0 Å². The molecule has 0 radical (unpaired) electrons. The summed E-state index contributed by atoms with van der Waals surface area (Å²) in [6, 6.07) is 5.52. The molecule has 2 aromatic heterocycles. The van der Waals surface area contributed by atoms with Crippen LogP contribution < -0.4 is 15.0 Å². The summed E-state index contributed by atoms with van der Waals surface area (Å²) < 4.78 is 37.7. The third-order valence-corrected chi connectivity index (χ3v) is 10.4. The molecular formula is C32H31BrF2N6O4. The highest BCUT2D eigenvalue weighted by Crippen LogP contribution is 2.42. The molecule has 0 saturated carbocycles. The lowest BCUT2D eigenvalue weighted by Crippen LogP contribution is -2.43. The summed E-state index contributed by atoms with van der Waals surface area (Å²) in [6.45, 7) is 2.73. The van der Waals surface area contributed by atoms with E-state index in [-0.39, 0.29) is 62.9 Å². The molecule has 0 spiro atoms. The van der Waals surface area contributed by atoms with E-state index in [0.717, 1.165) is 45.1 Å². The second-order valence-corrected chi connectivity index (χ2v) is 12.9. The molecule has 3 aliphatic heterocycles. The Labute approximate surface area is 265 Å². The Hall–Kier alpha value is -3.97. The zero-order valence-electron chi connectivity index (χ0n) is 24.5. The third-order valence-electron chi connectivity index (χ3n) is 9.59. The summed E-state index contributed by atoms with van der Waals surface area (Å²) in [5.74, 6) is -2.68. The number of pyridine rings is 1. The van der Waals surface area contributed by atoms with Crippen LogP contribution in [0.5, 0.6) is 11.8 Å². The van der Waals surface area contributed by atoms with Crippen molar-refractivity contribution >= 4 is 55.6 Å². The fourth-order valence-electron chi connectivity index (χ4n) is 7.34. The van der Waals surface area contributed by atoms with Gasteiger partial charge in [0.1, 0.15) is 41.5 Å². The van der Waals surface area contributed by atoms with Gasteiger partial charge in [-0.1, -0.05) is 6.07 Å². The van der Waals surface area contributed by atoms with Crippen molar-refractivity contribution in [2.75, 3.05) is 44.7 Å². The van der Waals surface area contributed by atoms with Gasteiger partial charge in [-0.25, -0.2) is 8.78 Å².